The molecular weight excluding hydrogens is 271 g/mol. The summed E-state index contributed by atoms with van der Waals surface area (Å²) in [7, 11) is 0. The van der Waals surface area contributed by atoms with E-state index in [1.165, 1.54) is 0 Å². The Morgan fingerprint density at radius 3 is 2.44 bits per heavy atom. The predicted molar refractivity (Wildman–Crippen MR) is 71.9 cm³/mol. The van der Waals surface area contributed by atoms with Gasteiger partial charge in [-0.2, -0.15) is 5.10 Å². The average molecular weight is 283 g/mol. The van der Waals surface area contributed by atoms with Gasteiger partial charge in [0, 0.05) is 17.0 Å². The van der Waals surface area contributed by atoms with Gasteiger partial charge in [-0.1, -0.05) is 29.3 Å². The Kier molecular flexibility index (Phi) is 3.06. The number of aliphatic hydroxyl groups excluding tert-OH is 1. The molecular formula is C13H12Cl2N2O. The standard InChI is InChI=1S/C13H12Cl2N2O/c14-8-2-1-3-9(15)11(8)12-10(6-18)16-17-13(12)7-4-5-7/h1-3,7,18H,4-6H2,(H,16,17). The number of nitrogens with one attached hydrogen (secondary N) is 1. The van der Waals surface area contributed by atoms with E-state index in [1.54, 1.807) is 12.1 Å². The summed E-state index contributed by atoms with van der Waals surface area (Å²) in [5, 5.41) is 17.8. The molecule has 1 heterocycles. The van der Waals surface area contributed by atoms with Crippen LogP contribution in [0.5, 0.6) is 0 Å². The van der Waals surface area contributed by atoms with Gasteiger partial charge >= 0.3 is 0 Å². The van der Waals surface area contributed by atoms with Gasteiger partial charge in [-0.25, -0.2) is 0 Å². The van der Waals surface area contributed by atoms with Crippen LogP contribution in [0.25, 0.3) is 11.1 Å². The lowest BCUT2D eigenvalue weighted by Gasteiger charge is -2.09. The molecule has 0 aliphatic heterocycles. The van der Waals surface area contributed by atoms with E-state index in [-0.39, 0.29) is 6.61 Å². The predicted octanol–water partition coefficient (Wildman–Crippen LogP) is 3.75. The van der Waals surface area contributed by atoms with Gasteiger partial charge in [-0.15, -0.1) is 0 Å². The summed E-state index contributed by atoms with van der Waals surface area (Å²) < 4.78 is 0. The first-order valence-corrected chi connectivity index (χ1v) is 6.60. The van der Waals surface area contributed by atoms with Crippen LogP contribution < -0.4 is 0 Å². The number of nitrogens with zero attached hydrogens (tertiary/aromatic N) is 1. The molecule has 0 amide bonds. The van der Waals surface area contributed by atoms with E-state index in [4.69, 9.17) is 23.2 Å². The number of rotatable bonds is 3. The molecule has 1 fully saturated rings. The minimum absolute atomic E-state index is 0.101. The van der Waals surface area contributed by atoms with E-state index in [9.17, 15) is 5.11 Å². The average Bonchev–Trinajstić information content (AvgIpc) is 3.11. The Balaban J connectivity index is 2.23. The minimum Gasteiger partial charge on any atom is -0.390 e. The van der Waals surface area contributed by atoms with Crippen LogP contribution in [0.2, 0.25) is 10.0 Å². The maximum Gasteiger partial charge on any atom is 0.0853 e. The highest BCUT2D eigenvalue weighted by molar-refractivity contribution is 6.39. The van der Waals surface area contributed by atoms with Crippen molar-refractivity contribution in [3.8, 4) is 11.1 Å². The highest BCUT2D eigenvalue weighted by Crippen LogP contribution is 2.47. The minimum atomic E-state index is -0.101. The third kappa shape index (κ3) is 1.92. The maximum absolute atomic E-state index is 9.42. The lowest BCUT2D eigenvalue weighted by molar-refractivity contribution is 0.277. The third-order valence-corrected chi connectivity index (χ3v) is 3.83. The fourth-order valence-electron chi connectivity index (χ4n) is 2.18. The van der Waals surface area contributed by atoms with Crippen molar-refractivity contribution >= 4 is 23.2 Å². The highest BCUT2D eigenvalue weighted by Gasteiger charge is 2.31. The number of aliphatic hydroxyl groups is 1. The summed E-state index contributed by atoms with van der Waals surface area (Å²) in [6.45, 7) is -0.101. The van der Waals surface area contributed by atoms with Crippen LogP contribution in [0, 0.1) is 0 Å². The summed E-state index contributed by atoms with van der Waals surface area (Å²) in [4.78, 5) is 0. The number of benzene rings is 1. The van der Waals surface area contributed by atoms with E-state index in [0.29, 0.717) is 21.7 Å². The lowest BCUT2D eigenvalue weighted by atomic mass is 10.0. The Hall–Kier alpha value is -1.03. The zero-order valence-electron chi connectivity index (χ0n) is 9.58. The van der Waals surface area contributed by atoms with E-state index in [1.807, 2.05) is 6.07 Å². The van der Waals surface area contributed by atoms with Crippen LogP contribution in [-0.2, 0) is 6.61 Å². The van der Waals surface area contributed by atoms with Crippen LogP contribution in [-0.4, -0.2) is 15.3 Å². The third-order valence-electron chi connectivity index (χ3n) is 3.20. The summed E-state index contributed by atoms with van der Waals surface area (Å²) >= 11 is 12.5. The zero-order chi connectivity index (χ0) is 12.7. The molecule has 2 aromatic rings. The molecule has 1 aromatic carbocycles. The molecule has 0 atom stereocenters. The molecule has 0 bridgehead atoms. The monoisotopic (exact) mass is 282 g/mol. The second kappa shape index (κ2) is 4.57. The Labute approximate surface area is 115 Å². The number of aromatic amines is 1. The SMILES string of the molecule is OCc1[nH]nc(C2CC2)c1-c1c(Cl)cccc1Cl. The molecule has 1 aliphatic carbocycles. The normalized spacial score (nSPS) is 15.1. The number of halogens is 2. The first-order valence-electron chi connectivity index (χ1n) is 5.84. The van der Waals surface area contributed by atoms with Gasteiger partial charge < -0.3 is 5.11 Å². The van der Waals surface area contributed by atoms with Crippen molar-refractivity contribution < 1.29 is 5.11 Å². The van der Waals surface area contributed by atoms with Gasteiger partial charge in [0.15, 0.2) is 0 Å². The topological polar surface area (TPSA) is 48.9 Å². The van der Waals surface area contributed by atoms with E-state index in [2.05, 4.69) is 10.2 Å². The molecule has 2 N–H and O–H groups in total. The van der Waals surface area contributed by atoms with Gasteiger partial charge in [0.1, 0.15) is 0 Å². The van der Waals surface area contributed by atoms with Crippen molar-refractivity contribution in [2.75, 3.05) is 0 Å². The summed E-state index contributed by atoms with van der Waals surface area (Å²) in [5.74, 6) is 0.462. The number of aromatic nitrogens is 2. The summed E-state index contributed by atoms with van der Waals surface area (Å²) in [5.41, 5.74) is 3.28. The molecule has 0 unspecified atom stereocenters. The Morgan fingerprint density at radius 1 is 1.22 bits per heavy atom. The number of hydrogen-bond donors (Lipinski definition) is 2. The van der Waals surface area contributed by atoms with Crippen LogP contribution in [0.15, 0.2) is 18.2 Å². The molecule has 18 heavy (non-hydrogen) atoms. The lowest BCUT2D eigenvalue weighted by Crippen LogP contribution is -1.91. The van der Waals surface area contributed by atoms with E-state index >= 15 is 0 Å². The van der Waals surface area contributed by atoms with Crippen LogP contribution in [0.4, 0.5) is 0 Å². The second-order valence-electron chi connectivity index (χ2n) is 4.49. The van der Waals surface area contributed by atoms with Crippen molar-refractivity contribution in [1.82, 2.24) is 10.2 Å². The molecule has 0 radical (unpaired) electrons. The van der Waals surface area contributed by atoms with Crippen molar-refractivity contribution in [2.24, 2.45) is 0 Å². The first kappa shape index (κ1) is 12.0. The van der Waals surface area contributed by atoms with E-state index < -0.39 is 0 Å². The van der Waals surface area contributed by atoms with Crippen molar-refractivity contribution in [1.29, 1.82) is 0 Å². The first-order chi connectivity index (χ1) is 8.72. The molecule has 1 saturated carbocycles. The molecule has 0 spiro atoms. The van der Waals surface area contributed by atoms with Crippen LogP contribution >= 0.6 is 23.2 Å². The van der Waals surface area contributed by atoms with Gasteiger partial charge in [-0.3, -0.25) is 5.10 Å². The Bertz CT molecular complexity index is 570. The molecule has 1 aromatic heterocycles. The molecule has 3 rings (SSSR count). The van der Waals surface area contributed by atoms with E-state index in [0.717, 1.165) is 29.7 Å². The zero-order valence-corrected chi connectivity index (χ0v) is 11.1. The number of H-pyrrole nitrogens is 1. The largest absolute Gasteiger partial charge is 0.390 e. The second-order valence-corrected chi connectivity index (χ2v) is 5.31. The molecule has 94 valence electrons. The van der Waals surface area contributed by atoms with Gasteiger partial charge in [-0.05, 0) is 25.0 Å². The van der Waals surface area contributed by atoms with Crippen LogP contribution in [0.3, 0.4) is 0 Å². The summed E-state index contributed by atoms with van der Waals surface area (Å²) in [6.07, 6.45) is 2.26. The number of hydrogen-bond acceptors (Lipinski definition) is 2. The smallest absolute Gasteiger partial charge is 0.0853 e. The highest BCUT2D eigenvalue weighted by atomic mass is 35.5. The fourth-order valence-corrected chi connectivity index (χ4v) is 2.76. The van der Waals surface area contributed by atoms with Crippen LogP contribution in [0.1, 0.15) is 30.1 Å². The maximum atomic E-state index is 9.42. The van der Waals surface area contributed by atoms with Gasteiger partial charge in [0.2, 0.25) is 0 Å². The van der Waals surface area contributed by atoms with Gasteiger partial charge in [0.05, 0.1) is 28.0 Å². The molecule has 3 nitrogen and oxygen atoms in total. The molecule has 0 saturated heterocycles. The summed E-state index contributed by atoms with van der Waals surface area (Å²) in [6, 6.07) is 5.41. The molecule has 1 aliphatic rings. The van der Waals surface area contributed by atoms with Crippen molar-refractivity contribution in [3.05, 3.63) is 39.6 Å². The van der Waals surface area contributed by atoms with Crippen molar-refractivity contribution in [3.63, 3.8) is 0 Å². The fraction of sp³-hybridized carbons (Fsp3) is 0.308. The molecule has 5 heteroatoms. The quantitative estimate of drug-likeness (QED) is 0.901. The van der Waals surface area contributed by atoms with Crippen molar-refractivity contribution in [2.45, 2.75) is 25.4 Å². The van der Waals surface area contributed by atoms with Gasteiger partial charge in [0.25, 0.3) is 0 Å². The Morgan fingerprint density at radius 2 is 1.89 bits per heavy atom.